The number of aliphatic carboxylic acids is 1. The molecule has 2 aliphatic heterocycles. The molecular formula is C19H30O3S. The van der Waals surface area contributed by atoms with Gasteiger partial charge in [0.15, 0.2) is 0 Å². The summed E-state index contributed by atoms with van der Waals surface area (Å²) in [6.45, 7) is 0.969. The number of thioether (sulfide) groups is 1. The molecule has 1 aliphatic carbocycles. The van der Waals surface area contributed by atoms with E-state index in [-0.39, 0.29) is 6.42 Å². The molecule has 0 unspecified atom stereocenters. The number of carboxylic acids is 1. The molecule has 3 rings (SSSR count). The Kier molecular flexibility index (Phi) is 6.46. The zero-order valence-corrected chi connectivity index (χ0v) is 14.8. The maximum absolute atomic E-state index is 10.5. The van der Waals surface area contributed by atoms with Gasteiger partial charge in [-0.05, 0) is 56.8 Å². The number of carbonyl (C=O) groups is 1. The zero-order chi connectivity index (χ0) is 16.1. The van der Waals surface area contributed by atoms with Gasteiger partial charge in [-0.3, -0.25) is 4.79 Å². The molecule has 3 fully saturated rings. The first kappa shape index (κ1) is 17.3. The Balaban J connectivity index is 1.42. The average Bonchev–Trinajstić information content (AvgIpc) is 3.25. The summed E-state index contributed by atoms with van der Waals surface area (Å²) in [6, 6.07) is 0. The lowest BCUT2D eigenvalue weighted by Crippen LogP contribution is -2.31. The summed E-state index contributed by atoms with van der Waals surface area (Å²) >= 11 is 2.21. The number of fused-ring (bicyclic) bond motifs is 2. The van der Waals surface area contributed by atoms with Gasteiger partial charge in [-0.25, -0.2) is 0 Å². The van der Waals surface area contributed by atoms with Crippen molar-refractivity contribution in [2.45, 2.75) is 80.8 Å². The highest BCUT2D eigenvalue weighted by Crippen LogP contribution is 2.54. The molecule has 130 valence electrons. The summed E-state index contributed by atoms with van der Waals surface area (Å²) < 4.78 is 6.24. The van der Waals surface area contributed by atoms with Crippen LogP contribution in [0.2, 0.25) is 0 Å². The molecule has 2 saturated heterocycles. The Morgan fingerprint density at radius 3 is 2.57 bits per heavy atom. The van der Waals surface area contributed by atoms with Crippen molar-refractivity contribution in [1.82, 2.24) is 0 Å². The summed E-state index contributed by atoms with van der Waals surface area (Å²) in [4.78, 5) is 10.5. The number of rotatable bonds is 9. The minimum atomic E-state index is -0.688. The van der Waals surface area contributed by atoms with E-state index in [0.717, 1.165) is 48.2 Å². The van der Waals surface area contributed by atoms with E-state index in [1.54, 1.807) is 0 Å². The van der Waals surface area contributed by atoms with Gasteiger partial charge in [0, 0.05) is 16.9 Å². The molecule has 2 bridgehead atoms. The van der Waals surface area contributed by atoms with Gasteiger partial charge in [0.2, 0.25) is 0 Å². The minimum Gasteiger partial charge on any atom is -0.481 e. The minimum absolute atomic E-state index is 0.284. The number of ether oxygens (including phenoxy) is 1. The Morgan fingerprint density at radius 1 is 1.09 bits per heavy atom. The summed E-state index contributed by atoms with van der Waals surface area (Å²) in [5.74, 6) is 0.825. The SMILES string of the molecule is O=C(O)CCCC=CC[C@@H]1[C@H](COC2CCCC2)[C@@H]2CC[C@H]1S2. The fraction of sp³-hybridized carbons (Fsp3) is 0.842. The van der Waals surface area contributed by atoms with E-state index in [1.807, 2.05) is 0 Å². The number of hydrogen-bond donors (Lipinski definition) is 1. The van der Waals surface area contributed by atoms with Crippen molar-refractivity contribution in [3.8, 4) is 0 Å². The predicted molar refractivity (Wildman–Crippen MR) is 94.8 cm³/mol. The summed E-state index contributed by atoms with van der Waals surface area (Å²) in [5, 5.41) is 10.3. The van der Waals surface area contributed by atoms with Gasteiger partial charge < -0.3 is 9.84 Å². The first-order chi connectivity index (χ1) is 11.2. The standard InChI is InChI=1S/C19H30O3S/c20-19(21)10-4-2-1-3-9-15-16(18-12-11-17(15)23-18)13-22-14-7-5-6-8-14/h1,3,14-18H,2,4-13H2,(H,20,21)/t15-,16+,17-,18+/m1/s1. The predicted octanol–water partition coefficient (Wildman–Crippen LogP) is 4.66. The van der Waals surface area contributed by atoms with Gasteiger partial charge in [-0.1, -0.05) is 25.0 Å². The van der Waals surface area contributed by atoms with Gasteiger partial charge in [0.05, 0.1) is 12.7 Å². The van der Waals surface area contributed by atoms with Crippen LogP contribution in [0.5, 0.6) is 0 Å². The average molecular weight is 339 g/mol. The Morgan fingerprint density at radius 2 is 1.83 bits per heavy atom. The van der Waals surface area contributed by atoms with Gasteiger partial charge >= 0.3 is 5.97 Å². The summed E-state index contributed by atoms with van der Waals surface area (Å²) in [5.41, 5.74) is 0. The highest BCUT2D eigenvalue weighted by Gasteiger charge is 2.47. The van der Waals surface area contributed by atoms with Gasteiger partial charge in [0.25, 0.3) is 0 Å². The second-order valence-electron chi connectivity index (χ2n) is 7.35. The van der Waals surface area contributed by atoms with Gasteiger partial charge in [-0.2, -0.15) is 11.8 Å². The van der Waals surface area contributed by atoms with E-state index in [4.69, 9.17) is 9.84 Å². The second kappa shape index (κ2) is 8.57. The molecule has 4 heteroatoms. The number of unbranched alkanes of at least 4 members (excludes halogenated alkanes) is 1. The fourth-order valence-electron chi connectivity index (χ4n) is 4.47. The monoisotopic (exact) mass is 338 g/mol. The first-order valence-electron chi connectivity index (χ1n) is 9.38. The van der Waals surface area contributed by atoms with E-state index < -0.39 is 5.97 Å². The second-order valence-corrected chi connectivity index (χ2v) is 8.83. The molecule has 0 amide bonds. The van der Waals surface area contributed by atoms with Crippen LogP contribution in [0, 0.1) is 11.8 Å². The quantitative estimate of drug-likeness (QED) is 0.491. The molecule has 0 aromatic carbocycles. The number of carboxylic acid groups (broad SMARTS) is 1. The maximum Gasteiger partial charge on any atom is 0.303 e. The van der Waals surface area contributed by atoms with Crippen LogP contribution in [0.1, 0.15) is 64.2 Å². The molecule has 0 aromatic rings. The number of hydrogen-bond acceptors (Lipinski definition) is 3. The molecule has 0 aromatic heterocycles. The maximum atomic E-state index is 10.5. The molecule has 23 heavy (non-hydrogen) atoms. The molecule has 0 spiro atoms. The topological polar surface area (TPSA) is 46.5 Å². The van der Waals surface area contributed by atoms with Crippen LogP contribution in [-0.2, 0) is 9.53 Å². The van der Waals surface area contributed by atoms with Crippen LogP contribution in [0.4, 0.5) is 0 Å². The van der Waals surface area contributed by atoms with Crippen LogP contribution < -0.4 is 0 Å². The lowest BCUT2D eigenvalue weighted by molar-refractivity contribution is -0.137. The van der Waals surface area contributed by atoms with E-state index in [9.17, 15) is 4.79 Å². The fourth-order valence-corrected chi connectivity index (χ4v) is 6.46. The molecular weight excluding hydrogens is 308 g/mol. The Bertz CT molecular complexity index is 417. The van der Waals surface area contributed by atoms with Crippen molar-refractivity contribution in [3.63, 3.8) is 0 Å². The number of allylic oxidation sites excluding steroid dienone is 2. The summed E-state index contributed by atoms with van der Waals surface area (Å²) in [6.07, 6.45) is 16.1. The van der Waals surface area contributed by atoms with Crippen molar-refractivity contribution < 1.29 is 14.6 Å². The van der Waals surface area contributed by atoms with Gasteiger partial charge in [-0.15, -0.1) is 0 Å². The highest BCUT2D eigenvalue weighted by atomic mass is 32.2. The van der Waals surface area contributed by atoms with Crippen LogP contribution in [0.25, 0.3) is 0 Å². The van der Waals surface area contributed by atoms with E-state index in [1.165, 1.54) is 38.5 Å². The molecule has 4 atom stereocenters. The normalized spacial score (nSPS) is 33.9. The van der Waals surface area contributed by atoms with Crippen LogP contribution >= 0.6 is 11.8 Å². The molecule has 1 N–H and O–H groups in total. The molecule has 3 aliphatic rings. The molecule has 3 nitrogen and oxygen atoms in total. The third-order valence-electron chi connectivity index (χ3n) is 5.75. The van der Waals surface area contributed by atoms with Crippen molar-refractivity contribution >= 4 is 17.7 Å². The Hall–Kier alpha value is -0.480. The summed E-state index contributed by atoms with van der Waals surface area (Å²) in [7, 11) is 0. The van der Waals surface area contributed by atoms with Crippen LogP contribution in [0.15, 0.2) is 12.2 Å². The van der Waals surface area contributed by atoms with Crippen LogP contribution in [-0.4, -0.2) is 34.3 Å². The van der Waals surface area contributed by atoms with Crippen molar-refractivity contribution in [3.05, 3.63) is 12.2 Å². The third-order valence-corrected chi connectivity index (χ3v) is 7.62. The zero-order valence-electron chi connectivity index (χ0n) is 14.0. The molecule has 1 saturated carbocycles. The van der Waals surface area contributed by atoms with E-state index in [2.05, 4.69) is 23.9 Å². The highest BCUT2D eigenvalue weighted by molar-refractivity contribution is 8.01. The molecule has 2 heterocycles. The third kappa shape index (κ3) is 4.76. The molecule has 0 radical (unpaired) electrons. The Labute approximate surface area is 144 Å². The van der Waals surface area contributed by atoms with Gasteiger partial charge in [0.1, 0.15) is 0 Å². The first-order valence-corrected chi connectivity index (χ1v) is 10.3. The van der Waals surface area contributed by atoms with Crippen molar-refractivity contribution in [2.75, 3.05) is 6.61 Å². The largest absolute Gasteiger partial charge is 0.481 e. The van der Waals surface area contributed by atoms with E-state index >= 15 is 0 Å². The van der Waals surface area contributed by atoms with Crippen LogP contribution in [0.3, 0.4) is 0 Å². The van der Waals surface area contributed by atoms with Crippen molar-refractivity contribution in [2.24, 2.45) is 11.8 Å². The van der Waals surface area contributed by atoms with Crippen molar-refractivity contribution in [1.29, 1.82) is 0 Å². The smallest absolute Gasteiger partial charge is 0.303 e. The lowest BCUT2D eigenvalue weighted by atomic mass is 9.78. The lowest BCUT2D eigenvalue weighted by Gasteiger charge is -2.30. The van der Waals surface area contributed by atoms with E-state index in [0.29, 0.717) is 6.10 Å².